The van der Waals surface area contributed by atoms with E-state index in [0.717, 1.165) is 25.2 Å². The first-order valence-electron chi connectivity index (χ1n) is 5.44. The average molecular weight is 221 g/mol. The molecule has 2 rings (SSSR count). The van der Waals surface area contributed by atoms with Crippen LogP contribution < -0.4 is 0 Å². The summed E-state index contributed by atoms with van der Waals surface area (Å²) in [6, 6.07) is 4.77. The molecule has 0 radical (unpaired) electrons. The quantitative estimate of drug-likeness (QED) is 0.815. The zero-order valence-corrected chi connectivity index (χ0v) is 9.02. The monoisotopic (exact) mass is 221 g/mol. The molecule has 0 spiro atoms. The van der Waals surface area contributed by atoms with Gasteiger partial charge in [0.1, 0.15) is 11.3 Å². The molecule has 1 aromatic rings. The summed E-state index contributed by atoms with van der Waals surface area (Å²) in [4.78, 5) is 13.0. The summed E-state index contributed by atoms with van der Waals surface area (Å²) in [5.74, 6) is -1.24. The number of rotatable bonds is 3. The van der Waals surface area contributed by atoms with Crippen molar-refractivity contribution in [2.75, 3.05) is 13.1 Å². The predicted molar refractivity (Wildman–Crippen MR) is 59.6 cm³/mol. The first kappa shape index (κ1) is 11.0. The number of hydrogen-bond acceptors (Lipinski definition) is 3. The summed E-state index contributed by atoms with van der Waals surface area (Å²) >= 11 is 0. The molecule has 4 nitrogen and oxygen atoms in total. The molecular weight excluding hydrogens is 206 g/mol. The minimum atomic E-state index is -1.09. The molecule has 0 saturated carbocycles. The second-order valence-electron chi connectivity index (χ2n) is 4.14. The lowest BCUT2D eigenvalue weighted by Crippen LogP contribution is -2.18. The molecule has 1 aliphatic rings. The van der Waals surface area contributed by atoms with Gasteiger partial charge in [-0.15, -0.1) is 0 Å². The number of phenols is 1. The molecule has 16 heavy (non-hydrogen) atoms. The van der Waals surface area contributed by atoms with Crippen LogP contribution in [0, 0.1) is 0 Å². The summed E-state index contributed by atoms with van der Waals surface area (Å²) < 4.78 is 0. The van der Waals surface area contributed by atoms with Crippen molar-refractivity contribution in [3.8, 4) is 5.75 Å². The molecule has 1 fully saturated rings. The summed E-state index contributed by atoms with van der Waals surface area (Å²) in [6.07, 6.45) is 2.44. The van der Waals surface area contributed by atoms with Crippen molar-refractivity contribution >= 4 is 5.97 Å². The Kier molecular flexibility index (Phi) is 3.10. The van der Waals surface area contributed by atoms with E-state index < -0.39 is 5.97 Å². The fraction of sp³-hybridized carbons (Fsp3) is 0.417. The Morgan fingerprint density at radius 1 is 1.31 bits per heavy atom. The number of nitrogens with zero attached hydrogens (tertiary/aromatic N) is 1. The zero-order chi connectivity index (χ0) is 11.5. The van der Waals surface area contributed by atoms with E-state index in [1.165, 1.54) is 18.9 Å². The molecule has 0 aliphatic carbocycles. The zero-order valence-electron chi connectivity index (χ0n) is 9.02. The Morgan fingerprint density at radius 2 is 2.00 bits per heavy atom. The van der Waals surface area contributed by atoms with Crippen molar-refractivity contribution < 1.29 is 15.0 Å². The van der Waals surface area contributed by atoms with Crippen LogP contribution in [0.4, 0.5) is 0 Å². The molecule has 0 amide bonds. The molecule has 1 aliphatic heterocycles. The molecular formula is C12H15NO3. The van der Waals surface area contributed by atoms with Gasteiger partial charge in [0.05, 0.1) is 0 Å². The van der Waals surface area contributed by atoms with Gasteiger partial charge >= 0.3 is 5.97 Å². The van der Waals surface area contributed by atoms with Crippen LogP contribution in [0.3, 0.4) is 0 Å². The van der Waals surface area contributed by atoms with Crippen LogP contribution in [0.2, 0.25) is 0 Å². The molecule has 0 unspecified atom stereocenters. The first-order chi connectivity index (χ1) is 7.66. The predicted octanol–water partition coefficient (Wildman–Crippen LogP) is 1.69. The number of carbonyl (C=O) groups is 1. The van der Waals surface area contributed by atoms with Gasteiger partial charge in [0, 0.05) is 6.54 Å². The number of hydrogen-bond donors (Lipinski definition) is 2. The van der Waals surface area contributed by atoms with Gasteiger partial charge in [-0.1, -0.05) is 6.07 Å². The van der Waals surface area contributed by atoms with Crippen molar-refractivity contribution in [2.45, 2.75) is 19.4 Å². The highest BCUT2D eigenvalue weighted by molar-refractivity contribution is 5.90. The summed E-state index contributed by atoms with van der Waals surface area (Å²) in [5.41, 5.74) is 0.926. The van der Waals surface area contributed by atoms with Gasteiger partial charge in [-0.2, -0.15) is 0 Å². The number of carboxylic acids is 1. The maximum absolute atomic E-state index is 10.7. The number of aromatic carboxylic acids is 1. The Balaban J connectivity index is 2.11. The molecule has 0 atom stereocenters. The standard InChI is InChI=1S/C12H15NO3/c14-11-7-9(3-4-10(11)12(15)16)8-13-5-1-2-6-13/h3-4,7,14H,1-2,5-6,8H2,(H,15,16). The minimum Gasteiger partial charge on any atom is -0.507 e. The third-order valence-corrected chi connectivity index (χ3v) is 2.90. The SMILES string of the molecule is O=C(O)c1ccc(CN2CCCC2)cc1O. The third kappa shape index (κ3) is 2.33. The maximum Gasteiger partial charge on any atom is 0.339 e. The van der Waals surface area contributed by atoms with Crippen LogP contribution in [0.5, 0.6) is 5.75 Å². The van der Waals surface area contributed by atoms with Crippen LogP contribution in [0.15, 0.2) is 18.2 Å². The van der Waals surface area contributed by atoms with Crippen molar-refractivity contribution in [1.82, 2.24) is 4.90 Å². The lowest BCUT2D eigenvalue weighted by atomic mass is 10.1. The van der Waals surface area contributed by atoms with E-state index in [2.05, 4.69) is 4.90 Å². The van der Waals surface area contributed by atoms with Crippen LogP contribution in [-0.4, -0.2) is 34.2 Å². The lowest BCUT2D eigenvalue weighted by Gasteiger charge is -2.14. The smallest absolute Gasteiger partial charge is 0.339 e. The maximum atomic E-state index is 10.7. The van der Waals surface area contributed by atoms with Crippen molar-refractivity contribution in [3.63, 3.8) is 0 Å². The van der Waals surface area contributed by atoms with E-state index in [-0.39, 0.29) is 11.3 Å². The van der Waals surface area contributed by atoms with E-state index in [0.29, 0.717) is 0 Å². The van der Waals surface area contributed by atoms with Crippen LogP contribution in [0.1, 0.15) is 28.8 Å². The number of benzene rings is 1. The summed E-state index contributed by atoms with van der Waals surface area (Å²) in [7, 11) is 0. The van der Waals surface area contributed by atoms with Gasteiger partial charge < -0.3 is 10.2 Å². The van der Waals surface area contributed by atoms with Gasteiger partial charge in [-0.25, -0.2) is 4.79 Å². The molecule has 0 aromatic heterocycles. The largest absolute Gasteiger partial charge is 0.507 e. The molecule has 1 heterocycles. The number of carboxylic acid groups (broad SMARTS) is 1. The van der Waals surface area contributed by atoms with Crippen molar-refractivity contribution in [1.29, 1.82) is 0 Å². The Morgan fingerprint density at radius 3 is 2.56 bits per heavy atom. The summed E-state index contributed by atoms with van der Waals surface area (Å²) in [5, 5.41) is 18.3. The van der Waals surface area contributed by atoms with Crippen molar-refractivity contribution in [2.24, 2.45) is 0 Å². The van der Waals surface area contributed by atoms with Crippen LogP contribution >= 0.6 is 0 Å². The Bertz CT molecular complexity index is 397. The second-order valence-corrected chi connectivity index (χ2v) is 4.14. The average Bonchev–Trinajstić information content (AvgIpc) is 2.70. The fourth-order valence-electron chi connectivity index (χ4n) is 2.06. The molecule has 86 valence electrons. The van der Waals surface area contributed by atoms with Gasteiger partial charge in [0.15, 0.2) is 0 Å². The van der Waals surface area contributed by atoms with Crippen LogP contribution in [-0.2, 0) is 6.54 Å². The second kappa shape index (κ2) is 4.53. The highest BCUT2D eigenvalue weighted by Gasteiger charge is 2.14. The van der Waals surface area contributed by atoms with Crippen LogP contribution in [0.25, 0.3) is 0 Å². The lowest BCUT2D eigenvalue weighted by molar-refractivity contribution is 0.0693. The van der Waals surface area contributed by atoms with E-state index in [4.69, 9.17) is 5.11 Å². The minimum absolute atomic E-state index is 0.0369. The molecule has 4 heteroatoms. The fourth-order valence-corrected chi connectivity index (χ4v) is 2.06. The van der Waals surface area contributed by atoms with E-state index >= 15 is 0 Å². The summed E-state index contributed by atoms with van der Waals surface area (Å²) in [6.45, 7) is 2.95. The van der Waals surface area contributed by atoms with Gasteiger partial charge in [0.2, 0.25) is 0 Å². The molecule has 2 N–H and O–H groups in total. The first-order valence-corrected chi connectivity index (χ1v) is 5.44. The van der Waals surface area contributed by atoms with Gasteiger partial charge in [-0.05, 0) is 43.6 Å². The number of aromatic hydroxyl groups is 1. The number of likely N-dealkylation sites (tertiary alicyclic amines) is 1. The van der Waals surface area contributed by atoms with E-state index in [9.17, 15) is 9.90 Å². The highest BCUT2D eigenvalue weighted by Crippen LogP contribution is 2.21. The Hall–Kier alpha value is -1.55. The third-order valence-electron chi connectivity index (χ3n) is 2.90. The van der Waals surface area contributed by atoms with Gasteiger partial charge in [0.25, 0.3) is 0 Å². The molecule has 0 bridgehead atoms. The topological polar surface area (TPSA) is 60.8 Å². The molecule has 1 aromatic carbocycles. The van der Waals surface area contributed by atoms with E-state index in [1.54, 1.807) is 12.1 Å². The highest BCUT2D eigenvalue weighted by atomic mass is 16.4. The van der Waals surface area contributed by atoms with Crippen molar-refractivity contribution in [3.05, 3.63) is 29.3 Å². The van der Waals surface area contributed by atoms with Gasteiger partial charge in [-0.3, -0.25) is 4.90 Å². The Labute approximate surface area is 94.1 Å². The molecule has 1 saturated heterocycles. The van der Waals surface area contributed by atoms with E-state index in [1.807, 2.05) is 0 Å². The normalized spacial score (nSPS) is 16.5.